The van der Waals surface area contributed by atoms with Crippen LogP contribution in [-0.4, -0.2) is 5.37 Å². The molecule has 136 valence electrons. The second-order valence-electron chi connectivity index (χ2n) is 8.35. The molecule has 2 fully saturated rings. The molecule has 0 radical (unpaired) electrons. The second-order valence-corrected chi connectivity index (χ2v) is 9.51. The van der Waals surface area contributed by atoms with Crippen molar-refractivity contribution in [2.75, 3.05) is 4.90 Å². The average molecular weight is 356 g/mol. The molecule has 4 rings (SSSR count). The smallest absolute Gasteiger partial charge is 0.0868 e. The van der Waals surface area contributed by atoms with Crippen LogP contribution in [0.3, 0.4) is 0 Å². The Labute approximate surface area is 158 Å². The third-order valence-electron chi connectivity index (χ3n) is 6.62. The van der Waals surface area contributed by atoms with Crippen molar-refractivity contribution >= 4 is 17.4 Å². The Balaban J connectivity index is 1.68. The van der Waals surface area contributed by atoms with Crippen molar-refractivity contribution in [3.05, 3.63) is 40.4 Å². The zero-order chi connectivity index (χ0) is 17.2. The maximum atomic E-state index is 2.74. The summed E-state index contributed by atoms with van der Waals surface area (Å²) in [5.41, 5.74) is 4.45. The van der Waals surface area contributed by atoms with Gasteiger partial charge in [0.1, 0.15) is 0 Å². The van der Waals surface area contributed by atoms with Crippen LogP contribution < -0.4 is 4.90 Å². The van der Waals surface area contributed by atoms with Crippen LogP contribution in [0.2, 0.25) is 0 Å². The molecule has 0 saturated heterocycles. The van der Waals surface area contributed by atoms with E-state index < -0.39 is 0 Å². The summed E-state index contributed by atoms with van der Waals surface area (Å²) >= 11 is 2.25. The van der Waals surface area contributed by atoms with Gasteiger partial charge in [-0.1, -0.05) is 56.7 Å². The lowest BCUT2D eigenvalue weighted by Crippen LogP contribution is -2.35. The summed E-state index contributed by atoms with van der Waals surface area (Å²) in [6, 6.07) is 9.03. The molecule has 0 amide bonds. The fourth-order valence-electron chi connectivity index (χ4n) is 5.21. The fourth-order valence-corrected chi connectivity index (χ4v) is 7.01. The van der Waals surface area contributed by atoms with Crippen molar-refractivity contribution in [2.45, 2.75) is 83.4 Å². The zero-order valence-electron chi connectivity index (χ0n) is 16.0. The summed E-state index contributed by atoms with van der Waals surface area (Å²) in [6.45, 7) is 4.69. The zero-order valence-corrected chi connectivity index (χ0v) is 16.8. The first-order valence-electron chi connectivity index (χ1n) is 10.5. The summed E-state index contributed by atoms with van der Waals surface area (Å²) < 4.78 is 0. The van der Waals surface area contributed by atoms with Crippen LogP contribution >= 0.6 is 11.8 Å². The van der Waals surface area contributed by atoms with E-state index in [1.165, 1.54) is 75.5 Å². The van der Waals surface area contributed by atoms with Crippen LogP contribution in [-0.2, 0) is 0 Å². The number of aryl methyl sites for hydroxylation is 1. The molecule has 0 bridgehead atoms. The van der Waals surface area contributed by atoms with E-state index in [9.17, 15) is 0 Å². The van der Waals surface area contributed by atoms with E-state index in [0.717, 1.165) is 11.8 Å². The topological polar surface area (TPSA) is 3.24 Å². The Kier molecular flexibility index (Phi) is 5.45. The molecule has 1 unspecified atom stereocenters. The molecule has 1 aromatic carbocycles. The van der Waals surface area contributed by atoms with Crippen LogP contribution in [0.25, 0.3) is 0 Å². The molecule has 2 heteroatoms. The minimum absolute atomic E-state index is 0.637. The Morgan fingerprint density at radius 3 is 2.16 bits per heavy atom. The first kappa shape index (κ1) is 17.5. The molecule has 3 aliphatic rings. The van der Waals surface area contributed by atoms with E-state index in [2.05, 4.69) is 54.8 Å². The van der Waals surface area contributed by atoms with E-state index in [0.29, 0.717) is 5.37 Å². The van der Waals surface area contributed by atoms with Crippen molar-refractivity contribution in [1.82, 2.24) is 0 Å². The van der Waals surface area contributed by atoms with Crippen LogP contribution in [0.5, 0.6) is 0 Å². The molecule has 0 aromatic heterocycles. The van der Waals surface area contributed by atoms with Crippen molar-refractivity contribution < 1.29 is 0 Å². The largest absolute Gasteiger partial charge is 0.331 e. The Morgan fingerprint density at radius 2 is 1.48 bits per heavy atom. The van der Waals surface area contributed by atoms with Crippen LogP contribution in [0.1, 0.15) is 76.7 Å². The van der Waals surface area contributed by atoms with Gasteiger partial charge >= 0.3 is 0 Å². The van der Waals surface area contributed by atoms with Crippen LogP contribution in [0.4, 0.5) is 5.69 Å². The molecule has 0 N–H and O–H groups in total. The summed E-state index contributed by atoms with van der Waals surface area (Å²) in [5, 5.41) is 0.637. The number of hydrogen-bond acceptors (Lipinski definition) is 2. The normalized spacial score (nSPS) is 26.5. The highest BCUT2D eigenvalue weighted by Gasteiger charge is 2.39. The van der Waals surface area contributed by atoms with Gasteiger partial charge in [-0.2, -0.15) is 0 Å². The maximum absolute atomic E-state index is 2.74. The fraction of sp³-hybridized carbons (Fsp3) is 0.652. The average Bonchev–Trinajstić information content (AvgIpc) is 3.01. The lowest BCUT2D eigenvalue weighted by atomic mass is 9.87. The predicted octanol–water partition coefficient (Wildman–Crippen LogP) is 7.27. The Morgan fingerprint density at radius 1 is 0.840 bits per heavy atom. The summed E-state index contributed by atoms with van der Waals surface area (Å²) in [7, 11) is 0. The Bertz CT molecular complexity index is 623. The number of hydrogen-bond donors (Lipinski definition) is 0. The number of allylic oxidation sites excluding steroid dienone is 2. The van der Waals surface area contributed by atoms with E-state index in [1.807, 2.05) is 0 Å². The molecule has 2 aliphatic carbocycles. The van der Waals surface area contributed by atoms with Crippen molar-refractivity contribution in [3.63, 3.8) is 0 Å². The molecule has 25 heavy (non-hydrogen) atoms. The van der Waals surface area contributed by atoms with Crippen LogP contribution in [0.15, 0.2) is 34.9 Å². The third kappa shape index (κ3) is 3.52. The van der Waals surface area contributed by atoms with Crippen molar-refractivity contribution in [3.8, 4) is 0 Å². The maximum Gasteiger partial charge on any atom is 0.0868 e. The highest BCUT2D eigenvalue weighted by Crippen LogP contribution is 2.52. The van der Waals surface area contributed by atoms with Crippen LogP contribution in [0, 0.1) is 18.8 Å². The van der Waals surface area contributed by atoms with Gasteiger partial charge in [0.2, 0.25) is 0 Å². The van der Waals surface area contributed by atoms with Gasteiger partial charge in [0.25, 0.3) is 0 Å². The number of nitrogens with zero attached hydrogens (tertiary/aromatic N) is 1. The summed E-state index contributed by atoms with van der Waals surface area (Å²) in [6.07, 6.45) is 14.3. The molecule has 1 aliphatic heterocycles. The van der Waals surface area contributed by atoms with Crippen molar-refractivity contribution in [2.24, 2.45) is 11.8 Å². The van der Waals surface area contributed by atoms with Gasteiger partial charge in [-0.05, 0) is 63.0 Å². The van der Waals surface area contributed by atoms with E-state index in [-0.39, 0.29) is 0 Å². The molecule has 1 heterocycles. The molecule has 2 saturated carbocycles. The van der Waals surface area contributed by atoms with Gasteiger partial charge in [0, 0.05) is 16.3 Å². The third-order valence-corrected chi connectivity index (χ3v) is 8.34. The second kappa shape index (κ2) is 7.78. The molecule has 1 aromatic rings. The number of anilines is 1. The minimum atomic E-state index is 0.637. The lowest BCUT2D eigenvalue weighted by Gasteiger charge is -2.36. The van der Waals surface area contributed by atoms with E-state index in [1.54, 1.807) is 10.6 Å². The minimum Gasteiger partial charge on any atom is -0.331 e. The summed E-state index contributed by atoms with van der Waals surface area (Å²) in [5.74, 6) is 1.69. The molecule has 1 nitrogen and oxygen atoms in total. The van der Waals surface area contributed by atoms with Gasteiger partial charge < -0.3 is 4.90 Å². The number of rotatable bonds is 3. The first-order valence-corrected chi connectivity index (χ1v) is 11.4. The van der Waals surface area contributed by atoms with Gasteiger partial charge in [0.15, 0.2) is 0 Å². The first-order chi connectivity index (χ1) is 12.3. The van der Waals surface area contributed by atoms with Crippen molar-refractivity contribution in [1.29, 1.82) is 0 Å². The highest BCUT2D eigenvalue weighted by molar-refractivity contribution is 8.04. The standard InChI is InChI=1S/C23H33NS/c1-17-11-9-10-16-21(17)24-18(2)22(19-12-5-3-6-13-19)25-23(24)20-14-7-4-8-15-20/h9-11,16,19-20,23H,3-8,12-15H2,1-2H3. The van der Waals surface area contributed by atoms with E-state index >= 15 is 0 Å². The summed E-state index contributed by atoms with van der Waals surface area (Å²) in [4.78, 5) is 4.47. The lowest BCUT2D eigenvalue weighted by molar-refractivity contribution is 0.349. The SMILES string of the molecule is CC1=C(C2CCCCC2)SC(C2CCCCC2)N1c1ccccc1C. The number of benzene rings is 1. The molecular weight excluding hydrogens is 322 g/mol. The highest BCUT2D eigenvalue weighted by atomic mass is 32.2. The molecule has 1 atom stereocenters. The monoisotopic (exact) mass is 355 g/mol. The Hall–Kier alpha value is -0.890. The van der Waals surface area contributed by atoms with Gasteiger partial charge in [0.05, 0.1) is 5.37 Å². The number of thioether (sulfide) groups is 1. The van der Waals surface area contributed by atoms with Gasteiger partial charge in [-0.15, -0.1) is 11.8 Å². The predicted molar refractivity (Wildman–Crippen MR) is 111 cm³/mol. The number of para-hydroxylation sites is 1. The van der Waals surface area contributed by atoms with Gasteiger partial charge in [-0.25, -0.2) is 0 Å². The van der Waals surface area contributed by atoms with E-state index in [4.69, 9.17) is 0 Å². The molecular formula is C23H33NS. The quantitative estimate of drug-likeness (QED) is 0.561. The van der Waals surface area contributed by atoms with Gasteiger partial charge in [-0.3, -0.25) is 0 Å². The molecule has 0 spiro atoms.